The van der Waals surface area contributed by atoms with Crippen LogP contribution in [0.5, 0.6) is 0 Å². The van der Waals surface area contributed by atoms with Crippen LogP contribution in [0.2, 0.25) is 0 Å². The maximum atomic E-state index is 12.3. The molecule has 0 saturated carbocycles. The van der Waals surface area contributed by atoms with E-state index in [-0.39, 0.29) is 6.54 Å². The van der Waals surface area contributed by atoms with Gasteiger partial charge in [0.1, 0.15) is 6.54 Å². The van der Waals surface area contributed by atoms with Crippen molar-refractivity contribution in [3.8, 4) is 0 Å². The zero-order valence-corrected chi connectivity index (χ0v) is 10.3. The first-order chi connectivity index (χ1) is 8.29. The number of carbonyl (C=O) groups is 2. The van der Waals surface area contributed by atoms with Gasteiger partial charge in [0.25, 0.3) is 6.43 Å². The Morgan fingerprint density at radius 3 is 2.17 bits per heavy atom. The number of carboxylic acid groups (broad SMARTS) is 1. The van der Waals surface area contributed by atoms with E-state index in [9.17, 15) is 18.4 Å². The number of halogens is 2. The van der Waals surface area contributed by atoms with Gasteiger partial charge in [0.15, 0.2) is 0 Å². The number of aliphatic hydroxyl groups excluding tert-OH is 1. The molecule has 0 spiro atoms. The predicted octanol–water partition coefficient (Wildman–Crippen LogP) is 0.461. The monoisotopic (exact) mass is 268 g/mol. The molecule has 2 amide bonds. The third-order valence-corrected chi connectivity index (χ3v) is 2.17. The molecule has 0 aromatic heterocycles. The largest absolute Gasteiger partial charge is 0.480 e. The second kappa shape index (κ2) is 7.80. The minimum absolute atomic E-state index is 0.258. The Bertz CT molecular complexity index is 287. The summed E-state index contributed by atoms with van der Waals surface area (Å²) in [6.45, 7) is 1.05. The van der Waals surface area contributed by atoms with Crippen LogP contribution < -0.4 is 0 Å². The molecule has 0 saturated heterocycles. The first-order valence-electron chi connectivity index (χ1n) is 5.46. The predicted molar refractivity (Wildman–Crippen MR) is 59.5 cm³/mol. The first-order valence-corrected chi connectivity index (χ1v) is 5.46. The minimum Gasteiger partial charge on any atom is -0.480 e. The Balaban J connectivity index is 4.81. The van der Waals surface area contributed by atoms with Crippen LogP contribution in [-0.4, -0.2) is 70.7 Å². The Morgan fingerprint density at radius 1 is 1.28 bits per heavy atom. The van der Waals surface area contributed by atoms with Gasteiger partial charge >= 0.3 is 12.0 Å². The van der Waals surface area contributed by atoms with Gasteiger partial charge in [0, 0.05) is 12.6 Å². The highest BCUT2D eigenvalue weighted by Gasteiger charge is 2.26. The summed E-state index contributed by atoms with van der Waals surface area (Å²) < 4.78 is 24.6. The molecule has 106 valence electrons. The molecule has 0 radical (unpaired) electrons. The van der Waals surface area contributed by atoms with Gasteiger partial charge in [-0.15, -0.1) is 0 Å². The highest BCUT2D eigenvalue weighted by Crippen LogP contribution is 2.07. The second-order valence-corrected chi connectivity index (χ2v) is 3.96. The molecule has 0 unspecified atom stereocenters. The molecule has 6 nitrogen and oxygen atoms in total. The SMILES string of the molecule is CC(C)N(CC(=O)O)C(=O)N(CCO)CC(F)F. The average molecular weight is 268 g/mol. The Labute approximate surface area is 104 Å². The van der Waals surface area contributed by atoms with E-state index in [1.165, 1.54) is 0 Å². The van der Waals surface area contributed by atoms with Crippen LogP contribution in [0.1, 0.15) is 13.8 Å². The van der Waals surface area contributed by atoms with E-state index < -0.39 is 44.2 Å². The molecule has 2 N–H and O–H groups in total. The molecule has 0 heterocycles. The zero-order valence-electron chi connectivity index (χ0n) is 10.3. The molecule has 0 rings (SSSR count). The van der Waals surface area contributed by atoms with Crippen molar-refractivity contribution in [1.29, 1.82) is 0 Å². The lowest BCUT2D eigenvalue weighted by Gasteiger charge is -2.31. The maximum absolute atomic E-state index is 12.3. The zero-order chi connectivity index (χ0) is 14.3. The average Bonchev–Trinajstić information content (AvgIpc) is 2.23. The number of hydrogen-bond donors (Lipinski definition) is 2. The van der Waals surface area contributed by atoms with Gasteiger partial charge in [-0.05, 0) is 13.8 Å². The quantitative estimate of drug-likeness (QED) is 0.703. The third-order valence-electron chi connectivity index (χ3n) is 2.17. The van der Waals surface area contributed by atoms with Crippen molar-refractivity contribution >= 4 is 12.0 Å². The lowest BCUT2D eigenvalue weighted by Crippen LogP contribution is -2.50. The van der Waals surface area contributed by atoms with Crippen molar-refractivity contribution in [3.05, 3.63) is 0 Å². The molecule has 0 fully saturated rings. The van der Waals surface area contributed by atoms with Gasteiger partial charge in [-0.2, -0.15) is 0 Å². The van der Waals surface area contributed by atoms with Gasteiger partial charge in [0.05, 0.1) is 13.2 Å². The lowest BCUT2D eigenvalue weighted by atomic mass is 10.3. The molecule has 0 aliphatic heterocycles. The van der Waals surface area contributed by atoms with Crippen LogP contribution in [0.15, 0.2) is 0 Å². The van der Waals surface area contributed by atoms with Crippen molar-refractivity contribution in [2.45, 2.75) is 26.3 Å². The smallest absolute Gasteiger partial charge is 0.323 e. The van der Waals surface area contributed by atoms with Crippen LogP contribution in [-0.2, 0) is 4.79 Å². The van der Waals surface area contributed by atoms with Crippen LogP contribution in [0.4, 0.5) is 13.6 Å². The van der Waals surface area contributed by atoms with E-state index in [1.54, 1.807) is 13.8 Å². The third kappa shape index (κ3) is 5.76. The van der Waals surface area contributed by atoms with E-state index >= 15 is 0 Å². The number of carbonyl (C=O) groups excluding carboxylic acids is 1. The van der Waals surface area contributed by atoms with Crippen LogP contribution in [0, 0.1) is 0 Å². The van der Waals surface area contributed by atoms with Gasteiger partial charge in [-0.3, -0.25) is 4.79 Å². The summed E-state index contributed by atoms with van der Waals surface area (Å²) in [6, 6.07) is -1.26. The second-order valence-electron chi connectivity index (χ2n) is 3.96. The number of urea groups is 1. The molecular formula is C10H18F2N2O4. The summed E-state index contributed by atoms with van der Waals surface area (Å²) in [5.74, 6) is -1.22. The number of hydrogen-bond acceptors (Lipinski definition) is 3. The molecule has 0 bridgehead atoms. The van der Waals surface area contributed by atoms with E-state index in [4.69, 9.17) is 10.2 Å². The fraction of sp³-hybridized carbons (Fsp3) is 0.800. The fourth-order valence-electron chi connectivity index (χ4n) is 1.35. The van der Waals surface area contributed by atoms with E-state index in [0.29, 0.717) is 0 Å². The Morgan fingerprint density at radius 2 is 1.83 bits per heavy atom. The number of aliphatic carboxylic acids is 1. The molecule has 18 heavy (non-hydrogen) atoms. The number of nitrogens with zero attached hydrogens (tertiary/aromatic N) is 2. The number of rotatable bonds is 7. The summed E-state index contributed by atoms with van der Waals surface area (Å²) in [6.07, 6.45) is -2.74. The molecule has 0 aliphatic rings. The molecular weight excluding hydrogens is 250 g/mol. The standard InChI is InChI=1S/C10H18F2N2O4/c1-7(2)14(6-9(16)17)10(18)13(3-4-15)5-8(11)12/h7-8,15H,3-6H2,1-2H3,(H,16,17). The fourth-order valence-corrected chi connectivity index (χ4v) is 1.35. The van der Waals surface area contributed by atoms with Crippen LogP contribution in [0.25, 0.3) is 0 Å². The highest BCUT2D eigenvalue weighted by atomic mass is 19.3. The minimum atomic E-state index is -2.74. The Kier molecular flexibility index (Phi) is 7.18. The molecule has 0 aromatic rings. The summed E-state index contributed by atoms with van der Waals surface area (Å²) in [4.78, 5) is 24.2. The number of carboxylic acids is 1. The lowest BCUT2D eigenvalue weighted by molar-refractivity contribution is -0.138. The summed E-state index contributed by atoms with van der Waals surface area (Å²) in [5.41, 5.74) is 0. The number of alkyl halides is 2. The molecule has 8 heteroatoms. The van der Waals surface area contributed by atoms with Crippen molar-refractivity contribution in [3.63, 3.8) is 0 Å². The van der Waals surface area contributed by atoms with Crippen LogP contribution >= 0.6 is 0 Å². The van der Waals surface area contributed by atoms with Gasteiger partial charge in [0.2, 0.25) is 0 Å². The summed E-state index contributed by atoms with van der Waals surface area (Å²) in [7, 11) is 0. The molecule has 0 aliphatic carbocycles. The van der Waals surface area contributed by atoms with Gasteiger partial charge in [-0.1, -0.05) is 0 Å². The topological polar surface area (TPSA) is 81.1 Å². The van der Waals surface area contributed by atoms with Gasteiger partial charge < -0.3 is 20.0 Å². The molecule has 0 atom stereocenters. The number of aliphatic hydroxyl groups is 1. The van der Waals surface area contributed by atoms with E-state index in [0.717, 1.165) is 9.80 Å². The van der Waals surface area contributed by atoms with E-state index in [2.05, 4.69) is 0 Å². The van der Waals surface area contributed by atoms with Crippen molar-refractivity contribution < 1.29 is 28.6 Å². The van der Waals surface area contributed by atoms with Crippen molar-refractivity contribution in [2.24, 2.45) is 0 Å². The van der Waals surface area contributed by atoms with E-state index in [1.807, 2.05) is 0 Å². The first kappa shape index (κ1) is 16.6. The van der Waals surface area contributed by atoms with Crippen molar-refractivity contribution in [2.75, 3.05) is 26.2 Å². The van der Waals surface area contributed by atoms with Crippen molar-refractivity contribution in [1.82, 2.24) is 9.80 Å². The van der Waals surface area contributed by atoms with Crippen LogP contribution in [0.3, 0.4) is 0 Å². The summed E-state index contributed by atoms with van der Waals surface area (Å²) in [5, 5.41) is 17.4. The van der Waals surface area contributed by atoms with Gasteiger partial charge in [-0.25, -0.2) is 13.6 Å². The number of amides is 2. The highest BCUT2D eigenvalue weighted by molar-refractivity contribution is 5.80. The normalized spacial score (nSPS) is 10.8. The summed E-state index contributed by atoms with van der Waals surface area (Å²) >= 11 is 0. The Hall–Kier alpha value is -1.44. The maximum Gasteiger partial charge on any atom is 0.323 e. The molecule has 0 aromatic carbocycles.